The van der Waals surface area contributed by atoms with Crippen molar-refractivity contribution in [1.82, 2.24) is 9.97 Å². The topological polar surface area (TPSA) is 90.1 Å². The average Bonchev–Trinajstić information content (AvgIpc) is 2.29. The Morgan fingerprint density at radius 2 is 2.38 bits per heavy atom. The van der Waals surface area contributed by atoms with E-state index in [0.29, 0.717) is 17.0 Å². The Bertz CT molecular complexity index is 340. The summed E-state index contributed by atoms with van der Waals surface area (Å²) < 4.78 is 5.61. The average molecular weight is 289 g/mol. The van der Waals surface area contributed by atoms with Crippen molar-refractivity contribution in [2.45, 2.75) is 12.5 Å². The number of carbonyl (C=O) groups excluding carboxylic acids is 1. The predicted molar refractivity (Wildman–Crippen MR) is 62.8 cm³/mol. The first kappa shape index (κ1) is 13.0. The smallest absolute Gasteiger partial charge is 0.228 e. The second-order valence-corrected chi connectivity index (χ2v) is 3.88. The van der Waals surface area contributed by atoms with Gasteiger partial charge in [0.25, 0.3) is 0 Å². The Labute approximate surface area is 102 Å². The van der Waals surface area contributed by atoms with Gasteiger partial charge in [-0.2, -0.15) is 0 Å². The molecule has 0 aliphatic rings. The summed E-state index contributed by atoms with van der Waals surface area (Å²) in [6.45, 7) is 0.302. The molecule has 0 aliphatic carbocycles. The van der Waals surface area contributed by atoms with Gasteiger partial charge < -0.3 is 15.8 Å². The first-order valence-electron chi connectivity index (χ1n) is 4.66. The number of ether oxygens (including phenoxy) is 1. The van der Waals surface area contributed by atoms with Crippen LogP contribution in [-0.4, -0.2) is 35.6 Å². The fraction of sp³-hybridized carbons (Fsp3) is 0.444. The molecule has 1 atom stereocenters. The Morgan fingerprint density at radius 1 is 1.62 bits per heavy atom. The zero-order chi connectivity index (χ0) is 12.0. The second-order valence-electron chi connectivity index (χ2n) is 3.07. The number of methoxy groups -OCH3 is 1. The standard InChI is InChI=1S/C9H13BrN4O2/c1-16-6(3-11)2-9(15)14-8-5-12-7(10)4-13-8/h4-6H,2-3,11H2,1H3,(H,13,14,15). The van der Waals surface area contributed by atoms with Crippen LogP contribution < -0.4 is 11.1 Å². The van der Waals surface area contributed by atoms with Crippen molar-refractivity contribution in [2.24, 2.45) is 5.73 Å². The Kier molecular flexibility index (Phi) is 5.30. The highest BCUT2D eigenvalue weighted by Crippen LogP contribution is 2.07. The van der Waals surface area contributed by atoms with Gasteiger partial charge in [-0.1, -0.05) is 0 Å². The van der Waals surface area contributed by atoms with Gasteiger partial charge in [-0.25, -0.2) is 9.97 Å². The van der Waals surface area contributed by atoms with Gasteiger partial charge in [-0.05, 0) is 15.9 Å². The zero-order valence-electron chi connectivity index (χ0n) is 8.81. The molecular formula is C9H13BrN4O2. The molecule has 0 radical (unpaired) electrons. The van der Waals surface area contributed by atoms with E-state index in [0.717, 1.165) is 0 Å². The molecule has 1 aromatic rings. The molecule has 6 nitrogen and oxygen atoms in total. The highest BCUT2D eigenvalue weighted by molar-refractivity contribution is 9.10. The Balaban J connectivity index is 2.48. The fourth-order valence-corrected chi connectivity index (χ4v) is 1.25. The van der Waals surface area contributed by atoms with Crippen molar-refractivity contribution < 1.29 is 9.53 Å². The van der Waals surface area contributed by atoms with E-state index in [1.807, 2.05) is 0 Å². The molecule has 3 N–H and O–H groups in total. The van der Waals surface area contributed by atoms with Crippen LogP contribution in [0.25, 0.3) is 0 Å². The molecule has 0 saturated heterocycles. The number of nitrogens with zero attached hydrogens (tertiary/aromatic N) is 2. The van der Waals surface area contributed by atoms with Crippen molar-refractivity contribution in [3.8, 4) is 0 Å². The molecule has 0 aromatic carbocycles. The third kappa shape index (κ3) is 4.21. The van der Waals surface area contributed by atoms with E-state index >= 15 is 0 Å². The number of amides is 1. The van der Waals surface area contributed by atoms with E-state index in [4.69, 9.17) is 10.5 Å². The van der Waals surface area contributed by atoms with Crippen molar-refractivity contribution in [3.63, 3.8) is 0 Å². The largest absolute Gasteiger partial charge is 0.380 e. The monoisotopic (exact) mass is 288 g/mol. The minimum absolute atomic E-state index is 0.199. The highest BCUT2D eigenvalue weighted by atomic mass is 79.9. The minimum atomic E-state index is -0.275. The lowest BCUT2D eigenvalue weighted by Crippen LogP contribution is -2.28. The number of anilines is 1. The van der Waals surface area contributed by atoms with Crippen LogP contribution in [0.5, 0.6) is 0 Å². The van der Waals surface area contributed by atoms with E-state index < -0.39 is 0 Å². The van der Waals surface area contributed by atoms with E-state index in [1.54, 1.807) is 0 Å². The predicted octanol–water partition coefficient (Wildman–Crippen LogP) is 0.541. The van der Waals surface area contributed by atoms with Crippen LogP contribution in [-0.2, 0) is 9.53 Å². The van der Waals surface area contributed by atoms with Gasteiger partial charge in [0.1, 0.15) is 4.60 Å². The van der Waals surface area contributed by atoms with E-state index in [-0.39, 0.29) is 18.4 Å². The third-order valence-corrected chi connectivity index (χ3v) is 2.31. The van der Waals surface area contributed by atoms with Crippen LogP contribution in [0.15, 0.2) is 17.0 Å². The zero-order valence-corrected chi connectivity index (χ0v) is 10.4. The molecule has 1 rings (SSSR count). The lowest BCUT2D eigenvalue weighted by Gasteiger charge is -2.11. The highest BCUT2D eigenvalue weighted by Gasteiger charge is 2.11. The molecule has 7 heteroatoms. The molecule has 88 valence electrons. The molecule has 1 heterocycles. The van der Waals surface area contributed by atoms with Crippen LogP contribution in [0.4, 0.5) is 5.82 Å². The first-order chi connectivity index (χ1) is 7.65. The number of hydrogen-bond donors (Lipinski definition) is 2. The van der Waals surface area contributed by atoms with Crippen molar-refractivity contribution in [1.29, 1.82) is 0 Å². The molecule has 16 heavy (non-hydrogen) atoms. The van der Waals surface area contributed by atoms with Gasteiger partial charge >= 0.3 is 0 Å². The summed E-state index contributed by atoms with van der Waals surface area (Å²) in [5.41, 5.74) is 5.41. The molecule has 0 bridgehead atoms. The third-order valence-electron chi connectivity index (χ3n) is 1.90. The van der Waals surface area contributed by atoms with Crippen LogP contribution in [0.1, 0.15) is 6.42 Å². The van der Waals surface area contributed by atoms with Crippen molar-refractivity contribution >= 4 is 27.7 Å². The normalized spacial score (nSPS) is 12.2. The number of carbonyl (C=O) groups is 1. The molecule has 0 aliphatic heterocycles. The molecule has 0 spiro atoms. The second kappa shape index (κ2) is 6.51. The summed E-state index contributed by atoms with van der Waals surface area (Å²) in [6.07, 6.45) is 2.90. The number of nitrogens with two attached hydrogens (primary N) is 1. The summed E-state index contributed by atoms with van der Waals surface area (Å²) in [6, 6.07) is 0. The van der Waals surface area contributed by atoms with E-state index in [9.17, 15) is 4.79 Å². The van der Waals surface area contributed by atoms with Crippen LogP contribution in [0.2, 0.25) is 0 Å². The number of rotatable bonds is 5. The van der Waals surface area contributed by atoms with Gasteiger partial charge in [0, 0.05) is 13.7 Å². The Morgan fingerprint density at radius 3 is 2.88 bits per heavy atom. The summed E-state index contributed by atoms with van der Waals surface area (Å²) >= 11 is 3.15. The van der Waals surface area contributed by atoms with E-state index in [1.165, 1.54) is 19.5 Å². The Hall–Kier alpha value is -1.05. The van der Waals surface area contributed by atoms with Crippen LogP contribution >= 0.6 is 15.9 Å². The van der Waals surface area contributed by atoms with Crippen molar-refractivity contribution in [2.75, 3.05) is 19.0 Å². The molecular weight excluding hydrogens is 276 g/mol. The number of nitrogens with one attached hydrogen (secondary N) is 1. The maximum absolute atomic E-state index is 11.5. The van der Waals surface area contributed by atoms with Crippen LogP contribution in [0.3, 0.4) is 0 Å². The quantitative estimate of drug-likeness (QED) is 0.825. The van der Waals surface area contributed by atoms with Crippen LogP contribution in [0, 0.1) is 0 Å². The fourth-order valence-electron chi connectivity index (χ4n) is 1.04. The summed E-state index contributed by atoms with van der Waals surface area (Å²) in [4.78, 5) is 19.4. The first-order valence-corrected chi connectivity index (χ1v) is 5.45. The van der Waals surface area contributed by atoms with Gasteiger partial charge in [-0.3, -0.25) is 4.79 Å². The number of hydrogen-bond acceptors (Lipinski definition) is 5. The molecule has 1 unspecified atom stereocenters. The van der Waals surface area contributed by atoms with Gasteiger partial charge in [0.2, 0.25) is 5.91 Å². The van der Waals surface area contributed by atoms with Gasteiger partial charge in [0.15, 0.2) is 5.82 Å². The SMILES string of the molecule is COC(CN)CC(=O)Nc1cnc(Br)cn1. The summed E-state index contributed by atoms with van der Waals surface area (Å²) in [5.74, 6) is 0.203. The van der Waals surface area contributed by atoms with Crippen molar-refractivity contribution in [3.05, 3.63) is 17.0 Å². The lowest BCUT2D eigenvalue weighted by atomic mass is 10.2. The molecule has 0 saturated carbocycles. The maximum atomic E-state index is 11.5. The lowest BCUT2D eigenvalue weighted by molar-refractivity contribution is -0.118. The molecule has 0 fully saturated rings. The number of aromatic nitrogens is 2. The van der Waals surface area contributed by atoms with E-state index in [2.05, 4.69) is 31.2 Å². The maximum Gasteiger partial charge on any atom is 0.228 e. The molecule has 1 amide bonds. The summed E-state index contributed by atoms with van der Waals surface area (Å²) in [5, 5.41) is 2.60. The minimum Gasteiger partial charge on any atom is -0.380 e. The van der Waals surface area contributed by atoms with Gasteiger partial charge in [-0.15, -0.1) is 0 Å². The number of halogens is 1. The summed E-state index contributed by atoms with van der Waals surface area (Å²) in [7, 11) is 1.52. The molecule has 1 aromatic heterocycles. The van der Waals surface area contributed by atoms with Gasteiger partial charge in [0.05, 0.1) is 24.9 Å².